The van der Waals surface area contributed by atoms with Gasteiger partial charge in [0.05, 0.1) is 11.1 Å². The van der Waals surface area contributed by atoms with Crippen LogP contribution in [0, 0.1) is 5.82 Å². The molecule has 0 saturated heterocycles. The van der Waals surface area contributed by atoms with Crippen molar-refractivity contribution in [3.05, 3.63) is 35.1 Å². The molecule has 72 valence electrons. The summed E-state index contributed by atoms with van der Waals surface area (Å²) in [5.41, 5.74) is 0.134. The number of benzene rings is 1. The second-order valence-electron chi connectivity index (χ2n) is 2.87. The average Bonchev–Trinajstić information content (AvgIpc) is 2.39. The van der Waals surface area contributed by atoms with E-state index in [1.165, 1.54) is 6.07 Å². The van der Waals surface area contributed by atoms with E-state index < -0.39 is 24.4 Å². The molecule has 1 aliphatic rings. The zero-order chi connectivity index (χ0) is 10.3. The molecular weight excluding hydrogens is 189 g/mol. The van der Waals surface area contributed by atoms with Crippen molar-refractivity contribution in [2.45, 2.75) is 0 Å². The topological polar surface area (TPSA) is 57.6 Å². The van der Waals surface area contributed by atoms with Crippen LogP contribution in [0.3, 0.4) is 0 Å². The molecule has 0 aromatic heterocycles. The minimum atomic E-state index is -0.687. The quantitative estimate of drug-likeness (QED) is 0.658. The van der Waals surface area contributed by atoms with E-state index in [0.717, 1.165) is 12.1 Å². The van der Waals surface area contributed by atoms with E-state index in [1.54, 1.807) is 0 Å². The Morgan fingerprint density at radius 3 is 2.50 bits per heavy atom. The first-order chi connectivity index (χ1) is 6.65. The lowest BCUT2D eigenvalue weighted by molar-refractivity contribution is 0.0490. The van der Waals surface area contributed by atoms with Crippen LogP contribution in [-0.2, 0) is 0 Å². The molecule has 0 bridgehead atoms. The Morgan fingerprint density at radius 1 is 1.21 bits per heavy atom. The van der Waals surface area contributed by atoms with Crippen LogP contribution >= 0.6 is 0 Å². The van der Waals surface area contributed by atoms with Crippen LogP contribution in [0.25, 0.3) is 0 Å². The number of hydrogen-bond donors (Lipinski definition) is 1. The second kappa shape index (κ2) is 2.88. The van der Waals surface area contributed by atoms with Gasteiger partial charge in [-0.1, -0.05) is 0 Å². The van der Waals surface area contributed by atoms with Crippen LogP contribution in [0.1, 0.15) is 20.7 Å². The number of carbonyl (C=O) groups is 2. The molecule has 0 saturated carbocycles. The highest BCUT2D eigenvalue weighted by Gasteiger charge is 2.35. The molecule has 14 heavy (non-hydrogen) atoms. The van der Waals surface area contributed by atoms with Crippen molar-refractivity contribution in [2.24, 2.45) is 0 Å². The molecule has 2 amide bonds. The smallest absolute Gasteiger partial charge is 0.263 e. The lowest BCUT2D eigenvalue weighted by Crippen LogP contribution is -2.30. The zero-order valence-electron chi connectivity index (χ0n) is 7.03. The number of fused-ring (bicyclic) bond motifs is 1. The first kappa shape index (κ1) is 8.83. The first-order valence-electron chi connectivity index (χ1n) is 3.91. The predicted molar refractivity (Wildman–Crippen MR) is 44.0 cm³/mol. The van der Waals surface area contributed by atoms with E-state index in [1.807, 2.05) is 0 Å². The van der Waals surface area contributed by atoms with E-state index in [0.29, 0.717) is 4.90 Å². The minimum absolute atomic E-state index is 0.00375. The molecule has 1 aromatic carbocycles. The van der Waals surface area contributed by atoms with Gasteiger partial charge in [0.1, 0.15) is 12.5 Å². The molecule has 1 aromatic rings. The van der Waals surface area contributed by atoms with Crippen molar-refractivity contribution < 1.29 is 19.1 Å². The number of imide groups is 1. The summed E-state index contributed by atoms with van der Waals surface area (Å²) in [5.74, 6) is -1.83. The largest absolute Gasteiger partial charge is 0.376 e. The van der Waals surface area contributed by atoms with E-state index in [9.17, 15) is 14.0 Å². The maximum absolute atomic E-state index is 12.7. The van der Waals surface area contributed by atoms with E-state index in [4.69, 9.17) is 5.11 Å². The monoisotopic (exact) mass is 195 g/mol. The molecule has 0 atom stereocenters. The van der Waals surface area contributed by atoms with Gasteiger partial charge in [0, 0.05) is 0 Å². The predicted octanol–water partition coefficient (Wildman–Crippen LogP) is 0.372. The third-order valence-corrected chi connectivity index (χ3v) is 2.07. The van der Waals surface area contributed by atoms with Gasteiger partial charge < -0.3 is 5.11 Å². The highest BCUT2D eigenvalue weighted by Crippen LogP contribution is 2.22. The van der Waals surface area contributed by atoms with Crippen LogP contribution in [0.5, 0.6) is 0 Å². The van der Waals surface area contributed by atoms with Crippen LogP contribution < -0.4 is 0 Å². The lowest BCUT2D eigenvalue weighted by Gasteiger charge is -2.07. The normalized spacial score (nSPS) is 14.9. The third-order valence-electron chi connectivity index (χ3n) is 2.07. The fraction of sp³-hybridized carbons (Fsp3) is 0.111. The highest BCUT2D eigenvalue weighted by molar-refractivity contribution is 6.21. The van der Waals surface area contributed by atoms with Gasteiger partial charge >= 0.3 is 0 Å². The Labute approximate surface area is 78.6 Å². The molecule has 0 unspecified atom stereocenters. The lowest BCUT2D eigenvalue weighted by atomic mass is 10.1. The van der Waals surface area contributed by atoms with Crippen molar-refractivity contribution in [3.63, 3.8) is 0 Å². The number of hydrogen-bond acceptors (Lipinski definition) is 3. The van der Waals surface area contributed by atoms with Crippen molar-refractivity contribution in [1.82, 2.24) is 4.90 Å². The molecule has 0 aliphatic carbocycles. The van der Waals surface area contributed by atoms with Crippen molar-refractivity contribution >= 4 is 11.8 Å². The number of rotatable bonds is 1. The molecule has 2 rings (SSSR count). The summed E-state index contributed by atoms with van der Waals surface area (Å²) in [6, 6.07) is 3.33. The molecule has 5 heteroatoms. The SMILES string of the molecule is O=C1c2ccc(F)cc2C(=O)N1CO. The maximum Gasteiger partial charge on any atom is 0.263 e. The summed E-state index contributed by atoms with van der Waals surface area (Å²) in [4.78, 5) is 23.4. The van der Waals surface area contributed by atoms with Gasteiger partial charge in [-0.15, -0.1) is 0 Å². The molecule has 1 heterocycles. The Bertz CT molecular complexity index is 430. The summed E-state index contributed by atoms with van der Waals surface area (Å²) >= 11 is 0. The second-order valence-corrected chi connectivity index (χ2v) is 2.87. The molecule has 0 radical (unpaired) electrons. The van der Waals surface area contributed by atoms with Gasteiger partial charge in [0.25, 0.3) is 11.8 Å². The molecule has 0 spiro atoms. The Hall–Kier alpha value is -1.75. The maximum atomic E-state index is 12.7. The average molecular weight is 195 g/mol. The number of halogens is 1. The first-order valence-corrected chi connectivity index (χ1v) is 3.91. The summed E-state index contributed by atoms with van der Waals surface area (Å²) in [6.07, 6.45) is 0. The Morgan fingerprint density at radius 2 is 1.86 bits per heavy atom. The van der Waals surface area contributed by atoms with E-state index in [-0.39, 0.29) is 11.1 Å². The van der Waals surface area contributed by atoms with Crippen LogP contribution in [0.15, 0.2) is 18.2 Å². The van der Waals surface area contributed by atoms with Gasteiger partial charge in [-0.3, -0.25) is 14.5 Å². The van der Waals surface area contributed by atoms with Crippen LogP contribution in [-0.4, -0.2) is 28.6 Å². The van der Waals surface area contributed by atoms with Crippen molar-refractivity contribution in [1.29, 1.82) is 0 Å². The van der Waals surface area contributed by atoms with Crippen molar-refractivity contribution in [2.75, 3.05) is 6.73 Å². The van der Waals surface area contributed by atoms with Gasteiger partial charge in [-0.2, -0.15) is 0 Å². The van der Waals surface area contributed by atoms with Gasteiger partial charge in [0.2, 0.25) is 0 Å². The Kier molecular flexibility index (Phi) is 1.82. The number of amides is 2. The molecule has 0 fully saturated rings. The molecule has 1 aliphatic heterocycles. The molecular formula is C9H6FNO3. The fourth-order valence-electron chi connectivity index (χ4n) is 1.39. The van der Waals surface area contributed by atoms with Gasteiger partial charge in [0.15, 0.2) is 0 Å². The van der Waals surface area contributed by atoms with Crippen LogP contribution in [0.2, 0.25) is 0 Å². The summed E-state index contributed by atoms with van der Waals surface area (Å²) in [5, 5.41) is 8.74. The summed E-state index contributed by atoms with van der Waals surface area (Å²) in [7, 11) is 0. The number of carbonyl (C=O) groups excluding carboxylic acids is 2. The molecule has 4 nitrogen and oxygen atoms in total. The molecule has 1 N–H and O–H groups in total. The van der Waals surface area contributed by atoms with Crippen molar-refractivity contribution in [3.8, 4) is 0 Å². The standard InChI is InChI=1S/C9H6FNO3/c10-5-1-2-6-7(3-5)9(14)11(4-12)8(6)13/h1-3,12H,4H2. The number of aliphatic hydroxyl groups excluding tert-OH is 1. The zero-order valence-corrected chi connectivity index (χ0v) is 7.03. The summed E-state index contributed by atoms with van der Waals surface area (Å²) in [6.45, 7) is -0.687. The van der Waals surface area contributed by atoms with Gasteiger partial charge in [-0.05, 0) is 18.2 Å². The van der Waals surface area contributed by atoms with E-state index >= 15 is 0 Å². The highest BCUT2D eigenvalue weighted by atomic mass is 19.1. The number of nitrogens with zero attached hydrogens (tertiary/aromatic N) is 1. The van der Waals surface area contributed by atoms with E-state index in [2.05, 4.69) is 0 Å². The minimum Gasteiger partial charge on any atom is -0.376 e. The number of aliphatic hydroxyl groups is 1. The van der Waals surface area contributed by atoms with Crippen LogP contribution in [0.4, 0.5) is 4.39 Å². The fourth-order valence-corrected chi connectivity index (χ4v) is 1.39. The Balaban J connectivity index is 2.58. The summed E-state index contributed by atoms with van der Waals surface area (Å²) < 4.78 is 12.7. The third kappa shape index (κ3) is 1.03. The van der Waals surface area contributed by atoms with Gasteiger partial charge in [-0.25, -0.2) is 4.39 Å².